The van der Waals surface area contributed by atoms with E-state index in [1.807, 2.05) is 6.92 Å². The monoisotopic (exact) mass is 242 g/mol. The maximum absolute atomic E-state index is 15.1. The van der Waals surface area contributed by atoms with Crippen molar-refractivity contribution in [2.75, 3.05) is 0 Å². The third-order valence-electron chi connectivity index (χ3n) is 3.16. The van der Waals surface area contributed by atoms with Crippen molar-refractivity contribution >= 4 is 5.97 Å². The van der Waals surface area contributed by atoms with Crippen LogP contribution in [0.1, 0.15) is 16.7 Å². The summed E-state index contributed by atoms with van der Waals surface area (Å²) in [6.45, 7) is 1.86. The Bertz CT molecular complexity index is 622. The van der Waals surface area contributed by atoms with E-state index < -0.39 is 11.6 Å². The summed E-state index contributed by atoms with van der Waals surface area (Å²) in [6, 6.07) is 13.5. The zero-order valence-corrected chi connectivity index (χ0v) is 9.81. The molecule has 2 aromatic carbocycles. The molecule has 0 bridgehead atoms. The van der Waals surface area contributed by atoms with Crippen molar-refractivity contribution < 1.29 is 13.9 Å². The van der Waals surface area contributed by atoms with Crippen LogP contribution in [0.15, 0.2) is 48.5 Å². The van der Waals surface area contributed by atoms with E-state index in [-0.39, 0.29) is 0 Å². The molecule has 1 atom stereocenters. The molecule has 3 rings (SSSR count). The molecule has 1 unspecified atom stereocenters. The molecule has 1 aliphatic heterocycles. The fraction of sp³-hybridized carbons (Fsp3) is 0.133. The quantitative estimate of drug-likeness (QED) is 0.567. The van der Waals surface area contributed by atoms with Gasteiger partial charge in [-0.2, -0.15) is 0 Å². The third-order valence-corrected chi connectivity index (χ3v) is 3.16. The first-order valence-corrected chi connectivity index (χ1v) is 5.70. The summed E-state index contributed by atoms with van der Waals surface area (Å²) in [5, 5.41) is 0. The number of aryl methyl sites for hydroxylation is 1. The van der Waals surface area contributed by atoms with Crippen molar-refractivity contribution in [3.63, 3.8) is 0 Å². The van der Waals surface area contributed by atoms with Crippen LogP contribution in [0.5, 0.6) is 5.75 Å². The Morgan fingerprint density at radius 1 is 1.11 bits per heavy atom. The number of alkyl halides is 1. The van der Waals surface area contributed by atoms with Crippen molar-refractivity contribution in [2.45, 2.75) is 12.6 Å². The molecular weight excluding hydrogens is 231 g/mol. The molecule has 0 radical (unpaired) electrons. The van der Waals surface area contributed by atoms with Gasteiger partial charge < -0.3 is 4.74 Å². The molecule has 0 aliphatic carbocycles. The van der Waals surface area contributed by atoms with Crippen molar-refractivity contribution in [3.8, 4) is 5.75 Å². The minimum atomic E-state index is -2.19. The van der Waals surface area contributed by atoms with E-state index in [1.165, 1.54) is 0 Å². The zero-order valence-electron chi connectivity index (χ0n) is 9.81. The number of esters is 1. The molecule has 1 heterocycles. The lowest BCUT2D eigenvalue weighted by Crippen LogP contribution is -2.29. The van der Waals surface area contributed by atoms with E-state index in [0.717, 1.165) is 5.56 Å². The molecule has 0 N–H and O–H groups in total. The van der Waals surface area contributed by atoms with Gasteiger partial charge in [0.2, 0.25) is 0 Å². The summed E-state index contributed by atoms with van der Waals surface area (Å²) in [5.41, 5.74) is -0.703. The molecule has 0 saturated carbocycles. The summed E-state index contributed by atoms with van der Waals surface area (Å²) in [7, 11) is 0. The maximum Gasteiger partial charge on any atom is 0.358 e. The Kier molecular flexibility index (Phi) is 2.23. The molecule has 0 aromatic heterocycles. The van der Waals surface area contributed by atoms with Crippen LogP contribution >= 0.6 is 0 Å². The SMILES string of the molecule is Cc1ccc2c(c1)C(F)(c1ccccc1)C(=O)O2. The topological polar surface area (TPSA) is 26.3 Å². The van der Waals surface area contributed by atoms with Gasteiger partial charge in [0.1, 0.15) is 5.75 Å². The number of ether oxygens (including phenoxy) is 1. The summed E-state index contributed by atoms with van der Waals surface area (Å²) in [5.74, 6) is -0.564. The van der Waals surface area contributed by atoms with Crippen molar-refractivity contribution in [1.29, 1.82) is 0 Å². The Labute approximate surface area is 104 Å². The van der Waals surface area contributed by atoms with E-state index in [1.54, 1.807) is 48.5 Å². The van der Waals surface area contributed by atoms with Gasteiger partial charge in [0.05, 0.1) is 0 Å². The van der Waals surface area contributed by atoms with Gasteiger partial charge >= 0.3 is 5.97 Å². The summed E-state index contributed by atoms with van der Waals surface area (Å²) in [4.78, 5) is 11.9. The van der Waals surface area contributed by atoms with Gasteiger partial charge in [-0.1, -0.05) is 42.0 Å². The Hall–Kier alpha value is -2.16. The third kappa shape index (κ3) is 1.37. The molecule has 0 spiro atoms. The van der Waals surface area contributed by atoms with Crippen LogP contribution < -0.4 is 4.74 Å². The number of halogens is 1. The van der Waals surface area contributed by atoms with Gasteiger partial charge in [0.15, 0.2) is 0 Å². The number of carbonyl (C=O) groups excluding carboxylic acids is 1. The number of hydrogen-bond acceptors (Lipinski definition) is 2. The predicted molar refractivity (Wildman–Crippen MR) is 65.1 cm³/mol. The van der Waals surface area contributed by atoms with E-state index in [0.29, 0.717) is 16.9 Å². The summed E-state index contributed by atoms with van der Waals surface area (Å²) >= 11 is 0. The highest BCUT2D eigenvalue weighted by molar-refractivity contribution is 5.92. The van der Waals surface area contributed by atoms with Gasteiger partial charge in [0.25, 0.3) is 5.67 Å². The van der Waals surface area contributed by atoms with E-state index in [4.69, 9.17) is 4.74 Å². The smallest absolute Gasteiger partial charge is 0.358 e. The highest BCUT2D eigenvalue weighted by atomic mass is 19.1. The summed E-state index contributed by atoms with van der Waals surface area (Å²) < 4.78 is 20.2. The van der Waals surface area contributed by atoms with Crippen LogP contribution in [-0.4, -0.2) is 5.97 Å². The van der Waals surface area contributed by atoms with E-state index in [9.17, 15) is 4.79 Å². The van der Waals surface area contributed by atoms with Gasteiger partial charge in [-0.3, -0.25) is 0 Å². The molecule has 2 aromatic rings. The fourth-order valence-corrected chi connectivity index (χ4v) is 2.22. The van der Waals surface area contributed by atoms with Crippen LogP contribution in [0.3, 0.4) is 0 Å². The molecule has 0 amide bonds. The second kappa shape index (κ2) is 3.67. The first-order chi connectivity index (χ1) is 8.62. The van der Waals surface area contributed by atoms with Gasteiger partial charge in [-0.25, -0.2) is 9.18 Å². The van der Waals surface area contributed by atoms with Crippen molar-refractivity contribution in [1.82, 2.24) is 0 Å². The molecule has 3 heteroatoms. The highest BCUT2D eigenvalue weighted by Gasteiger charge is 2.51. The number of rotatable bonds is 1. The van der Waals surface area contributed by atoms with Crippen LogP contribution in [-0.2, 0) is 10.5 Å². The Morgan fingerprint density at radius 2 is 1.83 bits per heavy atom. The second-order valence-electron chi connectivity index (χ2n) is 4.41. The second-order valence-corrected chi connectivity index (χ2v) is 4.41. The van der Waals surface area contributed by atoms with Gasteiger partial charge in [-0.15, -0.1) is 0 Å². The predicted octanol–water partition coefficient (Wildman–Crippen LogP) is 3.13. The normalized spacial score (nSPS) is 21.6. The number of fused-ring (bicyclic) bond motifs is 1. The minimum Gasteiger partial charge on any atom is -0.423 e. The largest absolute Gasteiger partial charge is 0.423 e. The van der Waals surface area contributed by atoms with E-state index in [2.05, 4.69) is 0 Å². The summed E-state index contributed by atoms with van der Waals surface area (Å²) in [6.07, 6.45) is 0. The molecule has 18 heavy (non-hydrogen) atoms. The number of carbonyl (C=O) groups is 1. The molecular formula is C15H11FO2. The molecule has 2 nitrogen and oxygen atoms in total. The zero-order chi connectivity index (χ0) is 12.8. The lowest BCUT2D eigenvalue weighted by Gasteiger charge is -2.16. The van der Waals surface area contributed by atoms with Crippen LogP contribution in [0, 0.1) is 6.92 Å². The first-order valence-electron chi connectivity index (χ1n) is 5.70. The van der Waals surface area contributed by atoms with Crippen molar-refractivity contribution in [2.24, 2.45) is 0 Å². The number of hydrogen-bond donors (Lipinski definition) is 0. The minimum absolute atomic E-state index is 0.290. The lowest BCUT2D eigenvalue weighted by atomic mass is 9.89. The van der Waals surface area contributed by atoms with Crippen molar-refractivity contribution in [3.05, 3.63) is 65.2 Å². The van der Waals surface area contributed by atoms with Crippen LogP contribution in [0.2, 0.25) is 0 Å². The average Bonchev–Trinajstić information content (AvgIpc) is 2.64. The Morgan fingerprint density at radius 3 is 2.56 bits per heavy atom. The standard InChI is InChI=1S/C15H11FO2/c1-10-7-8-13-12(9-10)15(16,14(17)18-13)11-5-3-2-4-6-11/h2-9H,1H3. The average molecular weight is 242 g/mol. The number of benzene rings is 2. The lowest BCUT2D eigenvalue weighted by molar-refractivity contribution is -0.142. The first kappa shape index (κ1) is 11.0. The van der Waals surface area contributed by atoms with Gasteiger partial charge in [-0.05, 0) is 19.1 Å². The maximum atomic E-state index is 15.1. The highest BCUT2D eigenvalue weighted by Crippen LogP contribution is 2.45. The fourth-order valence-electron chi connectivity index (χ4n) is 2.22. The molecule has 90 valence electrons. The molecule has 0 saturated heterocycles. The molecule has 1 aliphatic rings. The van der Waals surface area contributed by atoms with Gasteiger partial charge in [0, 0.05) is 11.1 Å². The van der Waals surface area contributed by atoms with Crippen LogP contribution in [0.25, 0.3) is 0 Å². The molecule has 0 fully saturated rings. The Balaban J connectivity index is 2.25. The van der Waals surface area contributed by atoms with Crippen LogP contribution in [0.4, 0.5) is 4.39 Å². The van der Waals surface area contributed by atoms with E-state index >= 15 is 4.39 Å².